The van der Waals surface area contributed by atoms with Crippen LogP contribution in [0.3, 0.4) is 0 Å². The largest absolute Gasteiger partial charge is 0.383 e. The number of hydrogen-bond acceptors (Lipinski definition) is 4. The van der Waals surface area contributed by atoms with Crippen molar-refractivity contribution < 1.29 is 14.2 Å². The molecule has 19 heavy (non-hydrogen) atoms. The minimum absolute atomic E-state index is 0.0213. The Kier molecular flexibility index (Phi) is 7.91. The van der Waals surface area contributed by atoms with Gasteiger partial charge in [0.2, 0.25) is 0 Å². The second-order valence-corrected chi connectivity index (χ2v) is 5.86. The van der Waals surface area contributed by atoms with Crippen molar-refractivity contribution in [3.63, 3.8) is 0 Å². The average molecular weight is 273 g/mol. The molecule has 1 atom stereocenters. The molecular weight excluding hydrogens is 242 g/mol. The molecule has 0 saturated carbocycles. The molecule has 1 heterocycles. The lowest BCUT2D eigenvalue weighted by Gasteiger charge is -2.38. The second-order valence-electron chi connectivity index (χ2n) is 5.86. The molecule has 1 fully saturated rings. The maximum Gasteiger partial charge on any atom is 0.160 e. The molecule has 4 nitrogen and oxygen atoms in total. The fourth-order valence-electron chi connectivity index (χ4n) is 2.54. The Balaban J connectivity index is 2.38. The molecule has 0 aromatic heterocycles. The summed E-state index contributed by atoms with van der Waals surface area (Å²) in [6, 6.07) is 0.348. The fourth-order valence-corrected chi connectivity index (χ4v) is 2.54. The standard InChI is InChI=1S/C15H31NO3/c1-6-7-14(12(2)3)15-18-10-13(11-19-15)16(4)8-9-17-5/h12-15H,6-11H2,1-5H3/t13?,14-,15?/m0/s1. The first-order chi connectivity index (χ1) is 9.10. The lowest BCUT2D eigenvalue weighted by atomic mass is 9.90. The van der Waals surface area contributed by atoms with Gasteiger partial charge in [-0.05, 0) is 19.4 Å². The van der Waals surface area contributed by atoms with Crippen LogP contribution < -0.4 is 0 Å². The minimum Gasteiger partial charge on any atom is -0.383 e. The highest BCUT2D eigenvalue weighted by atomic mass is 16.7. The Morgan fingerprint density at radius 1 is 1.26 bits per heavy atom. The molecule has 1 saturated heterocycles. The van der Waals surface area contributed by atoms with Crippen LogP contribution in [0, 0.1) is 11.8 Å². The van der Waals surface area contributed by atoms with E-state index in [9.17, 15) is 0 Å². The van der Waals surface area contributed by atoms with Crippen molar-refractivity contribution in [3.8, 4) is 0 Å². The van der Waals surface area contributed by atoms with E-state index in [1.54, 1.807) is 7.11 Å². The molecule has 0 N–H and O–H groups in total. The fraction of sp³-hybridized carbons (Fsp3) is 1.00. The third-order valence-electron chi connectivity index (χ3n) is 4.01. The quantitative estimate of drug-likeness (QED) is 0.679. The van der Waals surface area contributed by atoms with Crippen LogP contribution in [0.15, 0.2) is 0 Å². The van der Waals surface area contributed by atoms with E-state index in [1.807, 2.05) is 0 Å². The summed E-state index contributed by atoms with van der Waals surface area (Å²) in [5, 5.41) is 0. The maximum absolute atomic E-state index is 5.96. The third-order valence-corrected chi connectivity index (χ3v) is 4.01. The molecule has 0 spiro atoms. The smallest absolute Gasteiger partial charge is 0.160 e. The highest BCUT2D eigenvalue weighted by molar-refractivity contribution is 4.76. The molecule has 1 rings (SSSR count). The Morgan fingerprint density at radius 3 is 2.37 bits per heavy atom. The summed E-state index contributed by atoms with van der Waals surface area (Å²) in [6.07, 6.45) is 2.34. The zero-order valence-corrected chi connectivity index (χ0v) is 13.2. The maximum atomic E-state index is 5.96. The molecule has 0 aromatic carbocycles. The van der Waals surface area contributed by atoms with Crippen molar-refractivity contribution in [3.05, 3.63) is 0 Å². The van der Waals surface area contributed by atoms with Crippen molar-refractivity contribution in [2.75, 3.05) is 40.5 Å². The van der Waals surface area contributed by atoms with E-state index in [0.717, 1.165) is 26.4 Å². The van der Waals surface area contributed by atoms with Gasteiger partial charge in [0.05, 0.1) is 25.9 Å². The summed E-state index contributed by atoms with van der Waals surface area (Å²) in [6.45, 7) is 9.92. The first-order valence-corrected chi connectivity index (χ1v) is 7.52. The SMILES string of the molecule is CCC[C@@H](C(C)C)C1OCC(N(C)CCOC)CO1. The van der Waals surface area contributed by atoms with E-state index in [0.29, 0.717) is 17.9 Å². The van der Waals surface area contributed by atoms with E-state index >= 15 is 0 Å². The van der Waals surface area contributed by atoms with Gasteiger partial charge in [0.1, 0.15) is 0 Å². The van der Waals surface area contributed by atoms with Crippen molar-refractivity contribution in [2.45, 2.75) is 45.9 Å². The van der Waals surface area contributed by atoms with Gasteiger partial charge in [-0.25, -0.2) is 0 Å². The van der Waals surface area contributed by atoms with Gasteiger partial charge in [0.25, 0.3) is 0 Å². The molecule has 0 unspecified atom stereocenters. The second kappa shape index (κ2) is 8.90. The number of methoxy groups -OCH3 is 1. The van der Waals surface area contributed by atoms with Gasteiger partial charge in [0, 0.05) is 19.6 Å². The molecule has 0 radical (unpaired) electrons. The molecule has 1 aliphatic heterocycles. The number of likely N-dealkylation sites (N-methyl/N-ethyl adjacent to an activating group) is 1. The van der Waals surface area contributed by atoms with Crippen LogP contribution in [0.1, 0.15) is 33.6 Å². The van der Waals surface area contributed by atoms with Gasteiger partial charge in [-0.3, -0.25) is 4.90 Å². The molecule has 0 aliphatic carbocycles. The topological polar surface area (TPSA) is 30.9 Å². The van der Waals surface area contributed by atoms with Crippen LogP contribution in [0.2, 0.25) is 0 Å². The predicted molar refractivity (Wildman–Crippen MR) is 77.2 cm³/mol. The first kappa shape index (κ1) is 16.9. The van der Waals surface area contributed by atoms with Gasteiger partial charge in [0.15, 0.2) is 6.29 Å². The first-order valence-electron chi connectivity index (χ1n) is 7.52. The van der Waals surface area contributed by atoms with Crippen LogP contribution in [0.25, 0.3) is 0 Å². The number of ether oxygens (including phenoxy) is 3. The highest BCUT2D eigenvalue weighted by Crippen LogP contribution is 2.27. The zero-order valence-electron chi connectivity index (χ0n) is 13.2. The Morgan fingerprint density at radius 2 is 1.89 bits per heavy atom. The monoisotopic (exact) mass is 273 g/mol. The summed E-state index contributed by atoms with van der Waals surface area (Å²) in [4.78, 5) is 2.25. The number of hydrogen-bond donors (Lipinski definition) is 0. The van der Waals surface area contributed by atoms with E-state index < -0.39 is 0 Å². The summed E-state index contributed by atoms with van der Waals surface area (Å²) < 4.78 is 17.0. The molecule has 4 heteroatoms. The molecule has 1 aliphatic rings. The van der Waals surface area contributed by atoms with Crippen LogP contribution >= 0.6 is 0 Å². The van der Waals surface area contributed by atoms with E-state index in [2.05, 4.69) is 32.7 Å². The van der Waals surface area contributed by atoms with Crippen LogP contribution in [-0.4, -0.2) is 57.8 Å². The van der Waals surface area contributed by atoms with Crippen LogP contribution in [-0.2, 0) is 14.2 Å². The van der Waals surface area contributed by atoms with E-state index in [4.69, 9.17) is 14.2 Å². The molecule has 0 amide bonds. The minimum atomic E-state index is -0.0213. The Hall–Kier alpha value is -0.160. The lowest BCUT2D eigenvalue weighted by Crippen LogP contribution is -2.48. The van der Waals surface area contributed by atoms with Crippen molar-refractivity contribution >= 4 is 0 Å². The zero-order chi connectivity index (χ0) is 14.3. The Bertz CT molecular complexity index is 227. The molecule has 0 aromatic rings. The Labute approximate surface area is 118 Å². The predicted octanol–water partition coefficient (Wildman–Crippen LogP) is 2.38. The summed E-state index contributed by atoms with van der Waals surface area (Å²) in [7, 11) is 3.83. The van der Waals surface area contributed by atoms with E-state index in [1.165, 1.54) is 12.8 Å². The van der Waals surface area contributed by atoms with Crippen LogP contribution in [0.4, 0.5) is 0 Å². The summed E-state index contributed by atoms with van der Waals surface area (Å²) >= 11 is 0. The molecule has 0 bridgehead atoms. The summed E-state index contributed by atoms with van der Waals surface area (Å²) in [5.41, 5.74) is 0. The van der Waals surface area contributed by atoms with Gasteiger partial charge >= 0.3 is 0 Å². The molecular formula is C15H31NO3. The van der Waals surface area contributed by atoms with Crippen molar-refractivity contribution in [2.24, 2.45) is 11.8 Å². The number of rotatable bonds is 8. The third kappa shape index (κ3) is 5.38. The molecule has 114 valence electrons. The van der Waals surface area contributed by atoms with Gasteiger partial charge in [-0.15, -0.1) is 0 Å². The van der Waals surface area contributed by atoms with E-state index in [-0.39, 0.29) is 6.29 Å². The van der Waals surface area contributed by atoms with Crippen molar-refractivity contribution in [1.29, 1.82) is 0 Å². The lowest BCUT2D eigenvalue weighted by molar-refractivity contribution is -0.233. The normalized spacial score (nSPS) is 26.1. The number of nitrogens with zero attached hydrogens (tertiary/aromatic N) is 1. The van der Waals surface area contributed by atoms with Gasteiger partial charge in [-0.1, -0.05) is 27.2 Å². The van der Waals surface area contributed by atoms with Crippen LogP contribution in [0.5, 0.6) is 0 Å². The average Bonchev–Trinajstić information content (AvgIpc) is 2.42. The van der Waals surface area contributed by atoms with Crippen molar-refractivity contribution in [1.82, 2.24) is 4.90 Å². The summed E-state index contributed by atoms with van der Waals surface area (Å²) in [5.74, 6) is 1.11. The van der Waals surface area contributed by atoms with Gasteiger partial charge in [-0.2, -0.15) is 0 Å². The highest BCUT2D eigenvalue weighted by Gasteiger charge is 2.31. The van der Waals surface area contributed by atoms with Gasteiger partial charge < -0.3 is 14.2 Å².